The minimum Gasteiger partial charge on any atom is -0.310 e. The zero-order chi connectivity index (χ0) is 36.0. The van der Waals surface area contributed by atoms with E-state index in [0.29, 0.717) is 0 Å². The van der Waals surface area contributed by atoms with Crippen LogP contribution in [0.4, 0.5) is 34.1 Å². The Hall–Kier alpha value is -5.86. The summed E-state index contributed by atoms with van der Waals surface area (Å²) in [6.07, 6.45) is 0. The molecule has 0 atom stereocenters. The van der Waals surface area contributed by atoms with Crippen LogP contribution in [0, 0.1) is 0 Å². The van der Waals surface area contributed by atoms with Crippen LogP contribution in [0.15, 0.2) is 170 Å². The Labute approximate surface area is 308 Å². The van der Waals surface area contributed by atoms with Gasteiger partial charge in [0.05, 0.1) is 11.4 Å². The molecule has 0 N–H and O–H groups in total. The maximum Gasteiger partial charge on any atom is 0.0578 e. The number of benzene rings is 8. The van der Waals surface area contributed by atoms with E-state index < -0.39 is 0 Å². The Bertz CT molecular complexity index is 2360. The molecule has 0 aromatic heterocycles. The fraction of sp³-hybridized carbons (Fsp3) is 0.160. The summed E-state index contributed by atoms with van der Waals surface area (Å²) < 4.78 is 0. The van der Waals surface area contributed by atoms with Gasteiger partial charge < -0.3 is 9.80 Å². The molecular weight excluding hydrogens is 629 g/mol. The van der Waals surface area contributed by atoms with Gasteiger partial charge in [-0.2, -0.15) is 0 Å². The smallest absolute Gasteiger partial charge is 0.0578 e. The van der Waals surface area contributed by atoms with Crippen LogP contribution in [0.2, 0.25) is 0 Å². The average Bonchev–Trinajstić information content (AvgIpc) is 3.15. The number of anilines is 6. The third-order valence-corrected chi connectivity index (χ3v) is 10.2. The van der Waals surface area contributed by atoms with Gasteiger partial charge >= 0.3 is 0 Å². The zero-order valence-electron chi connectivity index (χ0n) is 31.1. The van der Waals surface area contributed by atoms with E-state index in [4.69, 9.17) is 0 Å². The minimum absolute atomic E-state index is 0.131. The van der Waals surface area contributed by atoms with Crippen LogP contribution in [0.5, 0.6) is 0 Å². The summed E-state index contributed by atoms with van der Waals surface area (Å²) in [6.45, 7) is 14.0. The fourth-order valence-corrected chi connectivity index (χ4v) is 7.67. The van der Waals surface area contributed by atoms with Crippen molar-refractivity contribution in [2.45, 2.75) is 52.4 Å². The predicted molar refractivity (Wildman–Crippen MR) is 226 cm³/mol. The predicted octanol–water partition coefficient (Wildman–Crippen LogP) is 14.7. The summed E-state index contributed by atoms with van der Waals surface area (Å²) in [4.78, 5) is 4.97. The molecule has 0 amide bonds. The van der Waals surface area contributed by atoms with Crippen molar-refractivity contribution >= 4 is 66.4 Å². The first kappa shape index (κ1) is 33.3. The van der Waals surface area contributed by atoms with E-state index in [1.54, 1.807) is 0 Å². The van der Waals surface area contributed by atoms with Gasteiger partial charge in [0, 0.05) is 33.5 Å². The molecule has 0 saturated heterocycles. The minimum atomic E-state index is -0.131. The van der Waals surface area contributed by atoms with E-state index in [-0.39, 0.29) is 10.8 Å². The standard InChI is InChI=1S/C50H46N2/c1-49(2,3)45-31-29-44-43(47(45)51(39-21-9-7-10-22-39)41-27-25-35-17-13-15-19-37(35)33-41)30-32-46(50(4,5)6)48(44)52(40-23-11-8-12-24-40)42-28-26-36-18-14-16-20-38(36)34-42/h7-34H,1-6H3. The second-order valence-electron chi connectivity index (χ2n) is 15.9. The first-order valence-corrected chi connectivity index (χ1v) is 18.4. The van der Waals surface area contributed by atoms with Gasteiger partial charge in [-0.3, -0.25) is 0 Å². The molecule has 0 unspecified atom stereocenters. The molecule has 2 heteroatoms. The number of para-hydroxylation sites is 2. The van der Waals surface area contributed by atoms with Crippen molar-refractivity contribution in [1.29, 1.82) is 0 Å². The summed E-state index contributed by atoms with van der Waals surface area (Å²) >= 11 is 0. The van der Waals surface area contributed by atoms with Crippen molar-refractivity contribution in [2.24, 2.45) is 0 Å². The lowest BCUT2D eigenvalue weighted by atomic mass is 9.80. The van der Waals surface area contributed by atoms with E-state index in [0.717, 1.165) is 22.7 Å². The van der Waals surface area contributed by atoms with Gasteiger partial charge in [-0.25, -0.2) is 0 Å². The Kier molecular flexibility index (Phi) is 8.35. The molecule has 0 saturated carbocycles. The first-order valence-electron chi connectivity index (χ1n) is 18.4. The van der Waals surface area contributed by atoms with E-state index >= 15 is 0 Å². The van der Waals surface area contributed by atoms with E-state index in [9.17, 15) is 0 Å². The van der Waals surface area contributed by atoms with Crippen molar-refractivity contribution in [2.75, 3.05) is 9.80 Å². The monoisotopic (exact) mass is 674 g/mol. The molecule has 2 nitrogen and oxygen atoms in total. The van der Waals surface area contributed by atoms with Crippen molar-refractivity contribution < 1.29 is 0 Å². The van der Waals surface area contributed by atoms with E-state index in [2.05, 4.69) is 221 Å². The number of nitrogens with zero attached hydrogens (tertiary/aromatic N) is 2. The van der Waals surface area contributed by atoms with Gasteiger partial charge in [0.1, 0.15) is 0 Å². The number of fused-ring (bicyclic) bond motifs is 3. The third-order valence-electron chi connectivity index (χ3n) is 10.2. The van der Waals surface area contributed by atoms with Gasteiger partial charge in [-0.05, 0) is 92.0 Å². The van der Waals surface area contributed by atoms with Crippen LogP contribution in [-0.4, -0.2) is 0 Å². The maximum atomic E-state index is 2.48. The first-order chi connectivity index (χ1) is 25.1. The molecule has 0 aliphatic carbocycles. The fourth-order valence-electron chi connectivity index (χ4n) is 7.67. The summed E-state index contributed by atoms with van der Waals surface area (Å²) in [7, 11) is 0. The maximum absolute atomic E-state index is 2.48. The zero-order valence-corrected chi connectivity index (χ0v) is 31.1. The van der Waals surface area contributed by atoms with Gasteiger partial charge in [-0.1, -0.05) is 163 Å². The van der Waals surface area contributed by atoms with Gasteiger partial charge in [-0.15, -0.1) is 0 Å². The Morgan fingerprint density at radius 2 is 0.654 bits per heavy atom. The third kappa shape index (κ3) is 6.09. The lowest BCUT2D eigenvalue weighted by Crippen LogP contribution is -2.22. The molecule has 0 bridgehead atoms. The largest absolute Gasteiger partial charge is 0.310 e. The second kappa shape index (κ2) is 13.0. The lowest BCUT2D eigenvalue weighted by molar-refractivity contribution is 0.590. The number of rotatable bonds is 6. The summed E-state index contributed by atoms with van der Waals surface area (Å²) in [5, 5.41) is 7.35. The molecule has 0 radical (unpaired) electrons. The molecule has 0 fully saturated rings. The second-order valence-corrected chi connectivity index (χ2v) is 15.9. The quantitative estimate of drug-likeness (QED) is 0.173. The van der Waals surface area contributed by atoms with Crippen LogP contribution >= 0.6 is 0 Å². The molecule has 0 aliphatic rings. The van der Waals surface area contributed by atoms with E-state index in [1.807, 2.05) is 0 Å². The van der Waals surface area contributed by atoms with Crippen LogP contribution in [-0.2, 0) is 10.8 Å². The van der Waals surface area contributed by atoms with Gasteiger partial charge in [0.25, 0.3) is 0 Å². The van der Waals surface area contributed by atoms with Crippen LogP contribution in [0.3, 0.4) is 0 Å². The highest BCUT2D eigenvalue weighted by Crippen LogP contribution is 2.51. The molecule has 0 spiro atoms. The number of hydrogen-bond donors (Lipinski definition) is 0. The highest BCUT2D eigenvalue weighted by molar-refractivity contribution is 6.10. The Balaban J connectivity index is 1.50. The number of hydrogen-bond acceptors (Lipinski definition) is 2. The SMILES string of the molecule is CC(C)(C)c1ccc2c(N(c3ccccc3)c3ccc4ccccc4c3)c(C(C)(C)C)ccc2c1N(c1ccccc1)c1ccc2ccccc2c1. The summed E-state index contributed by atoms with van der Waals surface area (Å²) in [6, 6.07) is 62.2. The normalized spacial score (nSPS) is 12.0. The summed E-state index contributed by atoms with van der Waals surface area (Å²) in [5.74, 6) is 0. The molecule has 256 valence electrons. The molecule has 52 heavy (non-hydrogen) atoms. The van der Waals surface area contributed by atoms with Crippen LogP contribution < -0.4 is 9.80 Å². The van der Waals surface area contributed by atoms with Crippen LogP contribution in [0.1, 0.15) is 52.7 Å². The van der Waals surface area contributed by atoms with Crippen molar-refractivity contribution in [1.82, 2.24) is 0 Å². The van der Waals surface area contributed by atoms with Crippen molar-refractivity contribution in [3.05, 3.63) is 181 Å². The van der Waals surface area contributed by atoms with Crippen molar-refractivity contribution in [3.63, 3.8) is 0 Å². The molecule has 8 aromatic carbocycles. The van der Waals surface area contributed by atoms with Crippen molar-refractivity contribution in [3.8, 4) is 0 Å². The molecule has 8 aromatic rings. The topological polar surface area (TPSA) is 6.48 Å². The highest BCUT2D eigenvalue weighted by atomic mass is 15.2. The highest BCUT2D eigenvalue weighted by Gasteiger charge is 2.30. The molecule has 0 aliphatic heterocycles. The van der Waals surface area contributed by atoms with E-state index in [1.165, 1.54) is 54.8 Å². The van der Waals surface area contributed by atoms with Gasteiger partial charge in [0.15, 0.2) is 0 Å². The molecular formula is C50H46N2. The van der Waals surface area contributed by atoms with Crippen LogP contribution in [0.25, 0.3) is 32.3 Å². The summed E-state index contributed by atoms with van der Waals surface area (Å²) in [5.41, 5.74) is 9.28. The van der Waals surface area contributed by atoms with Gasteiger partial charge in [0.2, 0.25) is 0 Å². The Morgan fingerprint density at radius 3 is 1.02 bits per heavy atom. The molecule has 0 heterocycles. The Morgan fingerprint density at radius 1 is 0.308 bits per heavy atom. The average molecular weight is 675 g/mol. The lowest BCUT2D eigenvalue weighted by Gasteiger charge is -2.36. The molecule has 8 rings (SSSR count).